The van der Waals surface area contributed by atoms with Crippen LogP contribution in [0.4, 0.5) is 5.69 Å². The van der Waals surface area contributed by atoms with E-state index in [0.717, 1.165) is 11.3 Å². The smallest absolute Gasteiger partial charge is 0.0644 e. The van der Waals surface area contributed by atoms with Crippen LogP contribution in [0.1, 0.15) is 5.56 Å². The lowest BCUT2D eigenvalue weighted by molar-refractivity contribution is 1.52. The molecule has 0 N–H and O–H groups in total. The van der Waals surface area contributed by atoms with Crippen molar-refractivity contribution in [1.29, 1.82) is 0 Å². The van der Waals surface area contributed by atoms with Crippen molar-refractivity contribution in [3.05, 3.63) is 63.1 Å². The highest BCUT2D eigenvalue weighted by Gasteiger charge is 1.98. The van der Waals surface area contributed by atoms with Crippen molar-refractivity contribution >= 4 is 46.7 Å². The van der Waals surface area contributed by atoms with E-state index in [2.05, 4.69) is 4.99 Å². The molecule has 4 heteroatoms. The van der Waals surface area contributed by atoms with Gasteiger partial charge in [0, 0.05) is 21.8 Å². The number of benzene rings is 2. The highest BCUT2D eigenvalue weighted by atomic mass is 35.5. The normalized spacial score (nSPS) is 11.0. The van der Waals surface area contributed by atoms with Crippen LogP contribution in [0.3, 0.4) is 0 Å². The molecule has 0 fully saturated rings. The first-order valence-electron chi connectivity index (χ1n) is 4.90. The van der Waals surface area contributed by atoms with Gasteiger partial charge in [0.05, 0.1) is 10.7 Å². The maximum absolute atomic E-state index is 6.03. The van der Waals surface area contributed by atoms with Crippen LogP contribution in [0.5, 0.6) is 0 Å². The zero-order valence-electron chi connectivity index (χ0n) is 8.70. The lowest BCUT2D eigenvalue weighted by atomic mass is 10.2. The molecular weight excluding hydrogens is 277 g/mol. The van der Waals surface area contributed by atoms with Gasteiger partial charge in [-0.15, -0.1) is 0 Å². The van der Waals surface area contributed by atoms with Crippen LogP contribution in [0.25, 0.3) is 0 Å². The number of hydrogen-bond donors (Lipinski definition) is 0. The van der Waals surface area contributed by atoms with E-state index in [4.69, 9.17) is 34.8 Å². The summed E-state index contributed by atoms with van der Waals surface area (Å²) >= 11 is 17.7. The van der Waals surface area contributed by atoms with Crippen molar-refractivity contribution in [3.8, 4) is 0 Å². The summed E-state index contributed by atoms with van der Waals surface area (Å²) in [6.45, 7) is 0. The first-order chi connectivity index (χ1) is 8.15. The van der Waals surface area contributed by atoms with Gasteiger partial charge in [0.2, 0.25) is 0 Å². The Hall–Kier alpha value is -1.02. The van der Waals surface area contributed by atoms with Crippen molar-refractivity contribution in [2.45, 2.75) is 0 Å². The molecule has 0 atom stereocenters. The number of rotatable bonds is 2. The molecule has 0 heterocycles. The summed E-state index contributed by atoms with van der Waals surface area (Å²) in [6.07, 6.45) is 1.68. The molecule has 0 bridgehead atoms. The maximum Gasteiger partial charge on any atom is 0.0644 e. The summed E-state index contributed by atoms with van der Waals surface area (Å²) in [5.41, 5.74) is 1.60. The predicted molar refractivity (Wildman–Crippen MR) is 75.2 cm³/mol. The molecule has 1 nitrogen and oxygen atoms in total. The zero-order valence-corrected chi connectivity index (χ0v) is 11.0. The lowest BCUT2D eigenvalue weighted by Crippen LogP contribution is -1.82. The fourth-order valence-corrected chi connectivity index (χ4v) is 1.95. The van der Waals surface area contributed by atoms with Crippen molar-refractivity contribution in [1.82, 2.24) is 0 Å². The van der Waals surface area contributed by atoms with Gasteiger partial charge in [-0.3, -0.25) is 4.99 Å². The Morgan fingerprint density at radius 1 is 0.882 bits per heavy atom. The molecule has 0 radical (unpaired) electrons. The molecule has 2 aromatic carbocycles. The summed E-state index contributed by atoms with van der Waals surface area (Å²) in [7, 11) is 0. The molecule has 0 spiro atoms. The summed E-state index contributed by atoms with van der Waals surface area (Å²) in [6, 6.07) is 12.6. The fraction of sp³-hybridized carbons (Fsp3) is 0. The second-order valence-corrected chi connectivity index (χ2v) is 4.68. The third kappa shape index (κ3) is 3.47. The van der Waals surface area contributed by atoms with E-state index in [1.165, 1.54) is 0 Å². The van der Waals surface area contributed by atoms with Gasteiger partial charge in [0.25, 0.3) is 0 Å². The molecule has 0 aliphatic rings. The fourth-order valence-electron chi connectivity index (χ4n) is 1.31. The first kappa shape index (κ1) is 12.4. The van der Waals surface area contributed by atoms with Gasteiger partial charge in [-0.05, 0) is 30.3 Å². The molecule has 2 rings (SSSR count). The van der Waals surface area contributed by atoms with Gasteiger partial charge in [-0.1, -0.05) is 46.9 Å². The Bertz CT molecular complexity index is 564. The van der Waals surface area contributed by atoms with Crippen LogP contribution in [0.15, 0.2) is 47.5 Å². The molecule has 0 aliphatic carbocycles. The molecule has 0 saturated heterocycles. The van der Waals surface area contributed by atoms with E-state index in [1.54, 1.807) is 30.5 Å². The van der Waals surface area contributed by atoms with Crippen molar-refractivity contribution in [2.24, 2.45) is 4.99 Å². The van der Waals surface area contributed by atoms with E-state index in [1.807, 2.05) is 18.2 Å². The van der Waals surface area contributed by atoms with Gasteiger partial charge in [-0.2, -0.15) is 0 Å². The Balaban J connectivity index is 2.26. The van der Waals surface area contributed by atoms with Crippen LogP contribution >= 0.6 is 34.8 Å². The second-order valence-electron chi connectivity index (χ2n) is 3.40. The second kappa shape index (κ2) is 5.54. The Labute approximate surface area is 115 Å². The van der Waals surface area contributed by atoms with E-state index in [0.29, 0.717) is 15.1 Å². The van der Waals surface area contributed by atoms with Crippen LogP contribution in [0, 0.1) is 0 Å². The molecule has 0 aromatic heterocycles. The maximum atomic E-state index is 6.03. The predicted octanol–water partition coefficient (Wildman–Crippen LogP) is 5.40. The van der Waals surface area contributed by atoms with E-state index >= 15 is 0 Å². The van der Waals surface area contributed by atoms with Gasteiger partial charge in [0.1, 0.15) is 0 Å². The molecule has 17 heavy (non-hydrogen) atoms. The molecule has 0 unspecified atom stereocenters. The SMILES string of the molecule is Clc1cccc(N=Cc2ccc(Cl)cc2Cl)c1. The van der Waals surface area contributed by atoms with Crippen LogP contribution in [-0.2, 0) is 0 Å². The van der Waals surface area contributed by atoms with Crippen molar-refractivity contribution < 1.29 is 0 Å². The molecule has 86 valence electrons. The molecular formula is C13H8Cl3N. The summed E-state index contributed by atoms with van der Waals surface area (Å²) in [5, 5.41) is 1.83. The van der Waals surface area contributed by atoms with E-state index in [-0.39, 0.29) is 0 Å². The Morgan fingerprint density at radius 2 is 1.65 bits per heavy atom. The van der Waals surface area contributed by atoms with Gasteiger partial charge in [0.15, 0.2) is 0 Å². The summed E-state index contributed by atoms with van der Waals surface area (Å²) < 4.78 is 0. The molecule has 0 aliphatic heterocycles. The third-order valence-electron chi connectivity index (χ3n) is 2.12. The molecule has 0 amide bonds. The standard InChI is InChI=1S/C13H8Cl3N/c14-10-2-1-3-12(6-10)17-8-9-4-5-11(15)7-13(9)16/h1-8H. The zero-order chi connectivity index (χ0) is 12.3. The largest absolute Gasteiger partial charge is 0.256 e. The van der Waals surface area contributed by atoms with Crippen LogP contribution in [0.2, 0.25) is 15.1 Å². The molecule has 2 aromatic rings. The average molecular weight is 285 g/mol. The summed E-state index contributed by atoms with van der Waals surface area (Å²) in [5.74, 6) is 0. The molecule has 0 saturated carbocycles. The summed E-state index contributed by atoms with van der Waals surface area (Å²) in [4.78, 5) is 4.29. The minimum atomic E-state index is 0.572. The van der Waals surface area contributed by atoms with Gasteiger partial charge in [-0.25, -0.2) is 0 Å². The monoisotopic (exact) mass is 283 g/mol. The van der Waals surface area contributed by atoms with Gasteiger partial charge < -0.3 is 0 Å². The van der Waals surface area contributed by atoms with Gasteiger partial charge >= 0.3 is 0 Å². The Morgan fingerprint density at radius 3 is 2.35 bits per heavy atom. The average Bonchev–Trinajstić information content (AvgIpc) is 2.28. The van der Waals surface area contributed by atoms with Crippen LogP contribution in [-0.4, -0.2) is 6.21 Å². The number of halogens is 3. The number of aliphatic imine (C=N–C) groups is 1. The minimum absolute atomic E-state index is 0.572. The minimum Gasteiger partial charge on any atom is -0.256 e. The van der Waals surface area contributed by atoms with Crippen LogP contribution < -0.4 is 0 Å². The first-order valence-corrected chi connectivity index (χ1v) is 6.03. The van der Waals surface area contributed by atoms with Crippen molar-refractivity contribution in [2.75, 3.05) is 0 Å². The number of nitrogens with zero attached hydrogens (tertiary/aromatic N) is 1. The topological polar surface area (TPSA) is 12.4 Å². The lowest BCUT2D eigenvalue weighted by Gasteiger charge is -1.98. The van der Waals surface area contributed by atoms with E-state index < -0.39 is 0 Å². The number of hydrogen-bond acceptors (Lipinski definition) is 1. The third-order valence-corrected chi connectivity index (χ3v) is 2.92. The highest BCUT2D eigenvalue weighted by molar-refractivity contribution is 6.36. The van der Waals surface area contributed by atoms with E-state index in [9.17, 15) is 0 Å². The van der Waals surface area contributed by atoms with Crippen molar-refractivity contribution in [3.63, 3.8) is 0 Å². The highest BCUT2D eigenvalue weighted by Crippen LogP contribution is 2.21. The quantitative estimate of drug-likeness (QED) is 0.655. The Kier molecular flexibility index (Phi) is 4.06.